The van der Waals surface area contributed by atoms with Crippen LogP contribution in [0.5, 0.6) is 0 Å². The fourth-order valence-electron chi connectivity index (χ4n) is 0.995. The number of carboxylic acid groups (broad SMARTS) is 1. The lowest BCUT2D eigenvalue weighted by Gasteiger charge is -2.07. The molecule has 8 nitrogen and oxygen atoms in total. The third kappa shape index (κ3) is 12.7. The summed E-state index contributed by atoms with van der Waals surface area (Å²) in [5, 5.41) is 13.2. The number of hydrogen-bond donors (Lipinski definition) is 3. The first-order valence-electron chi connectivity index (χ1n) is 5.30. The molecule has 0 saturated heterocycles. The first-order valence-corrected chi connectivity index (χ1v) is 7.36. The minimum atomic E-state index is -3.00. The molecule has 0 atom stereocenters. The van der Waals surface area contributed by atoms with Gasteiger partial charge in [-0.05, 0) is 6.42 Å². The molecule has 0 rings (SSSR count). The molecule has 0 aromatic heterocycles. The second-order valence-corrected chi connectivity index (χ2v) is 5.87. The summed E-state index contributed by atoms with van der Waals surface area (Å²) in [5.74, 6) is -1.05. The molecule has 18 heavy (non-hydrogen) atoms. The normalized spacial score (nSPS) is 10.9. The SMILES string of the molecule is CS(=O)(=O)CCCNC(=O)NCCOCC(=O)O. The van der Waals surface area contributed by atoms with Crippen LogP contribution < -0.4 is 10.6 Å². The third-order valence-electron chi connectivity index (χ3n) is 1.73. The molecule has 0 saturated carbocycles. The first kappa shape index (κ1) is 16.6. The van der Waals surface area contributed by atoms with Crippen molar-refractivity contribution in [1.29, 1.82) is 0 Å². The topological polar surface area (TPSA) is 122 Å². The molecule has 0 bridgehead atoms. The van der Waals surface area contributed by atoms with Gasteiger partial charge in [0.2, 0.25) is 0 Å². The van der Waals surface area contributed by atoms with Gasteiger partial charge in [-0.2, -0.15) is 0 Å². The minimum absolute atomic E-state index is 0.0228. The highest BCUT2D eigenvalue weighted by Crippen LogP contribution is 1.86. The van der Waals surface area contributed by atoms with Gasteiger partial charge in [0.05, 0.1) is 12.4 Å². The predicted molar refractivity (Wildman–Crippen MR) is 64.2 cm³/mol. The van der Waals surface area contributed by atoms with Crippen LogP contribution >= 0.6 is 0 Å². The van der Waals surface area contributed by atoms with Crippen molar-refractivity contribution in [3.05, 3.63) is 0 Å². The van der Waals surface area contributed by atoms with Crippen LogP contribution in [-0.2, 0) is 19.4 Å². The lowest BCUT2D eigenvalue weighted by Crippen LogP contribution is -2.38. The average Bonchev–Trinajstić information content (AvgIpc) is 2.22. The zero-order valence-electron chi connectivity index (χ0n) is 10.1. The molecule has 0 aromatic carbocycles. The number of urea groups is 1. The van der Waals surface area contributed by atoms with Crippen LogP contribution in [0.4, 0.5) is 4.79 Å². The van der Waals surface area contributed by atoms with Gasteiger partial charge < -0.3 is 20.5 Å². The summed E-state index contributed by atoms with van der Waals surface area (Å²) in [6.07, 6.45) is 1.48. The summed E-state index contributed by atoms with van der Waals surface area (Å²) in [6, 6.07) is -0.442. The molecule has 0 aliphatic carbocycles. The number of carboxylic acids is 1. The number of hydrogen-bond acceptors (Lipinski definition) is 5. The Hall–Kier alpha value is -1.35. The van der Waals surface area contributed by atoms with E-state index in [0.29, 0.717) is 6.42 Å². The van der Waals surface area contributed by atoms with Crippen molar-refractivity contribution < 1.29 is 27.9 Å². The summed E-state index contributed by atoms with van der Waals surface area (Å²) in [6.45, 7) is 0.140. The second kappa shape index (κ2) is 8.70. The van der Waals surface area contributed by atoms with Crippen LogP contribution in [0.2, 0.25) is 0 Å². The van der Waals surface area contributed by atoms with Crippen molar-refractivity contribution in [3.63, 3.8) is 0 Å². The zero-order chi connectivity index (χ0) is 14.0. The second-order valence-electron chi connectivity index (χ2n) is 3.61. The van der Waals surface area contributed by atoms with Crippen molar-refractivity contribution >= 4 is 21.8 Å². The van der Waals surface area contributed by atoms with Crippen molar-refractivity contribution in [1.82, 2.24) is 10.6 Å². The summed E-state index contributed by atoms with van der Waals surface area (Å²) < 4.78 is 26.3. The summed E-state index contributed by atoms with van der Waals surface area (Å²) in [4.78, 5) is 21.2. The van der Waals surface area contributed by atoms with E-state index in [1.165, 1.54) is 0 Å². The van der Waals surface area contributed by atoms with E-state index >= 15 is 0 Å². The molecule has 9 heteroatoms. The Morgan fingerprint density at radius 1 is 1.22 bits per heavy atom. The number of amides is 2. The Morgan fingerprint density at radius 3 is 2.39 bits per heavy atom. The van der Waals surface area contributed by atoms with Crippen LogP contribution in [0.1, 0.15) is 6.42 Å². The van der Waals surface area contributed by atoms with E-state index in [1.54, 1.807) is 0 Å². The number of nitrogens with one attached hydrogen (secondary N) is 2. The Morgan fingerprint density at radius 2 is 1.83 bits per heavy atom. The fourth-order valence-corrected chi connectivity index (χ4v) is 1.66. The molecule has 0 unspecified atom stereocenters. The standard InChI is InChI=1S/C9H18N2O6S/c1-18(15,16)6-2-3-10-9(14)11-4-5-17-7-8(12)13/h2-7H2,1H3,(H,12,13)(H2,10,11,14). The van der Waals surface area contributed by atoms with Gasteiger partial charge in [-0.25, -0.2) is 18.0 Å². The molecule has 0 aliphatic heterocycles. The zero-order valence-corrected chi connectivity index (χ0v) is 11.0. The number of ether oxygens (including phenoxy) is 1. The number of aliphatic carboxylic acids is 1. The lowest BCUT2D eigenvalue weighted by atomic mass is 10.5. The molecule has 3 N–H and O–H groups in total. The van der Waals surface area contributed by atoms with Gasteiger partial charge in [0.1, 0.15) is 16.4 Å². The van der Waals surface area contributed by atoms with Gasteiger partial charge in [-0.1, -0.05) is 0 Å². The van der Waals surface area contributed by atoms with E-state index in [1.807, 2.05) is 0 Å². The van der Waals surface area contributed by atoms with E-state index in [9.17, 15) is 18.0 Å². The number of carbonyl (C=O) groups is 2. The Balaban J connectivity index is 3.41. The average molecular weight is 282 g/mol. The van der Waals surface area contributed by atoms with Gasteiger partial charge >= 0.3 is 12.0 Å². The largest absolute Gasteiger partial charge is 0.480 e. The number of sulfone groups is 1. The highest BCUT2D eigenvalue weighted by molar-refractivity contribution is 7.90. The van der Waals surface area contributed by atoms with Crippen molar-refractivity contribution in [2.24, 2.45) is 0 Å². The Labute approximate surface area is 106 Å². The summed E-state index contributed by atoms with van der Waals surface area (Å²) in [7, 11) is -3.00. The monoisotopic (exact) mass is 282 g/mol. The van der Waals surface area contributed by atoms with Gasteiger partial charge in [-0.15, -0.1) is 0 Å². The highest BCUT2D eigenvalue weighted by atomic mass is 32.2. The number of carbonyl (C=O) groups excluding carboxylic acids is 1. The van der Waals surface area contributed by atoms with Crippen LogP contribution in [0, 0.1) is 0 Å². The summed E-state index contributed by atoms with van der Waals surface area (Å²) in [5.41, 5.74) is 0. The van der Waals surface area contributed by atoms with E-state index in [-0.39, 0.29) is 25.4 Å². The van der Waals surface area contributed by atoms with Crippen LogP contribution in [0.25, 0.3) is 0 Å². The molecular formula is C9H18N2O6S. The fraction of sp³-hybridized carbons (Fsp3) is 0.778. The Bertz CT molecular complexity index is 367. The summed E-state index contributed by atoms with van der Waals surface area (Å²) >= 11 is 0. The molecule has 2 amide bonds. The van der Waals surface area contributed by atoms with Crippen molar-refractivity contribution in [3.8, 4) is 0 Å². The molecule has 0 radical (unpaired) electrons. The van der Waals surface area contributed by atoms with E-state index in [0.717, 1.165) is 6.26 Å². The predicted octanol–water partition coefficient (Wildman–Crippen LogP) is -1.18. The van der Waals surface area contributed by atoms with Gasteiger partial charge in [0, 0.05) is 19.3 Å². The van der Waals surface area contributed by atoms with E-state index in [4.69, 9.17) is 9.84 Å². The molecule has 0 aromatic rings. The quantitative estimate of drug-likeness (QED) is 0.458. The smallest absolute Gasteiger partial charge is 0.329 e. The minimum Gasteiger partial charge on any atom is -0.480 e. The van der Waals surface area contributed by atoms with E-state index < -0.39 is 28.4 Å². The molecule has 106 valence electrons. The molecule has 0 aliphatic rings. The van der Waals surface area contributed by atoms with Crippen LogP contribution in [0.15, 0.2) is 0 Å². The first-order chi connectivity index (χ1) is 8.31. The van der Waals surface area contributed by atoms with Crippen molar-refractivity contribution in [2.75, 3.05) is 38.3 Å². The molecule has 0 heterocycles. The van der Waals surface area contributed by atoms with Crippen LogP contribution in [-0.4, -0.2) is 63.8 Å². The Kier molecular flexibility index (Phi) is 8.05. The van der Waals surface area contributed by atoms with Crippen LogP contribution in [0.3, 0.4) is 0 Å². The molecular weight excluding hydrogens is 264 g/mol. The van der Waals surface area contributed by atoms with Gasteiger partial charge in [0.25, 0.3) is 0 Å². The van der Waals surface area contributed by atoms with Gasteiger partial charge in [-0.3, -0.25) is 0 Å². The van der Waals surface area contributed by atoms with Crippen molar-refractivity contribution in [2.45, 2.75) is 6.42 Å². The third-order valence-corrected chi connectivity index (χ3v) is 2.77. The highest BCUT2D eigenvalue weighted by Gasteiger charge is 2.03. The maximum Gasteiger partial charge on any atom is 0.329 e. The maximum atomic E-state index is 11.1. The molecule has 0 fully saturated rings. The van der Waals surface area contributed by atoms with E-state index in [2.05, 4.69) is 10.6 Å². The van der Waals surface area contributed by atoms with Gasteiger partial charge in [0.15, 0.2) is 0 Å². The maximum absolute atomic E-state index is 11.1. The lowest BCUT2D eigenvalue weighted by molar-refractivity contribution is -0.142. The number of rotatable bonds is 9. The molecule has 0 spiro atoms.